The molecule has 2 aliphatic rings. The van der Waals surface area contributed by atoms with Crippen molar-refractivity contribution in [2.45, 2.75) is 25.3 Å². The number of benzene rings is 3. The number of aryl methyl sites for hydroxylation is 1. The predicted octanol–water partition coefficient (Wildman–Crippen LogP) is 6.49. The fraction of sp³-hybridized carbons (Fsp3) is 0.200. The van der Waals surface area contributed by atoms with Crippen molar-refractivity contribution in [1.29, 1.82) is 0 Å². The highest BCUT2D eigenvalue weighted by Crippen LogP contribution is 2.50. The van der Waals surface area contributed by atoms with E-state index in [2.05, 4.69) is 97.2 Å². The Morgan fingerprint density at radius 2 is 1.65 bits per heavy atom. The van der Waals surface area contributed by atoms with Gasteiger partial charge in [-0.05, 0) is 53.6 Å². The van der Waals surface area contributed by atoms with Crippen molar-refractivity contribution in [3.05, 3.63) is 102 Å². The lowest BCUT2D eigenvalue weighted by Crippen LogP contribution is -2.29. The van der Waals surface area contributed by atoms with Gasteiger partial charge in [0.25, 0.3) is 0 Å². The quantitative estimate of drug-likeness (QED) is 0.527. The summed E-state index contributed by atoms with van der Waals surface area (Å²) in [5, 5.41) is 3.84. The lowest BCUT2D eigenvalue weighted by molar-refractivity contribution is 0.425. The minimum absolute atomic E-state index is 0.380. The van der Waals surface area contributed by atoms with Crippen molar-refractivity contribution in [3.8, 4) is 11.1 Å². The highest BCUT2D eigenvalue weighted by atomic mass is 15.0. The second kappa shape index (κ2) is 6.17. The largest absolute Gasteiger partial charge is 0.378 e. The molecule has 3 aromatic rings. The number of nitrogens with one attached hydrogen (secondary N) is 1. The van der Waals surface area contributed by atoms with E-state index in [1.165, 1.54) is 33.5 Å². The van der Waals surface area contributed by atoms with E-state index in [4.69, 9.17) is 0 Å². The molecule has 1 heterocycles. The van der Waals surface area contributed by atoms with Crippen molar-refractivity contribution < 1.29 is 0 Å². The van der Waals surface area contributed by atoms with Gasteiger partial charge >= 0.3 is 0 Å². The van der Waals surface area contributed by atoms with Crippen molar-refractivity contribution in [2.24, 2.45) is 5.92 Å². The van der Waals surface area contributed by atoms with E-state index in [-0.39, 0.29) is 0 Å². The summed E-state index contributed by atoms with van der Waals surface area (Å²) in [6.07, 6.45) is 5.92. The van der Waals surface area contributed by atoms with Crippen LogP contribution in [-0.4, -0.2) is 0 Å². The Kier molecular flexibility index (Phi) is 3.67. The number of allylic oxidation sites excluding steroid dienone is 2. The second-order valence-corrected chi connectivity index (χ2v) is 7.55. The van der Waals surface area contributed by atoms with Crippen LogP contribution in [-0.2, 0) is 0 Å². The zero-order valence-electron chi connectivity index (χ0n) is 15.0. The average molecular weight is 337 g/mol. The first-order valence-electron chi connectivity index (χ1n) is 9.49. The molecule has 0 fully saturated rings. The summed E-state index contributed by atoms with van der Waals surface area (Å²) in [7, 11) is 0. The summed E-state index contributed by atoms with van der Waals surface area (Å²) < 4.78 is 0. The topological polar surface area (TPSA) is 12.0 Å². The van der Waals surface area contributed by atoms with Crippen LogP contribution in [0.15, 0.2) is 84.9 Å². The van der Waals surface area contributed by atoms with Crippen LogP contribution < -0.4 is 5.32 Å². The zero-order valence-corrected chi connectivity index (χ0v) is 15.0. The van der Waals surface area contributed by atoms with Gasteiger partial charge < -0.3 is 5.32 Å². The standard InChI is InChI=1S/C25H23N/c1-17-10-12-19(13-11-17)25-22-9-5-8-21(22)23-16-20(14-15-24(23)26-25)18-6-3-2-4-7-18/h2-8,10-16,21-22,25-26H,9H2,1H3/t21-,22+,25-/m0/s1. The van der Waals surface area contributed by atoms with Gasteiger partial charge in [-0.2, -0.15) is 0 Å². The number of hydrogen-bond donors (Lipinski definition) is 1. The maximum atomic E-state index is 3.84. The second-order valence-electron chi connectivity index (χ2n) is 7.55. The molecule has 1 nitrogen and oxygen atoms in total. The van der Waals surface area contributed by atoms with Crippen LogP contribution in [0.25, 0.3) is 11.1 Å². The molecule has 3 aromatic carbocycles. The first kappa shape index (κ1) is 15.5. The number of fused-ring (bicyclic) bond motifs is 3. The van der Waals surface area contributed by atoms with Crippen LogP contribution in [0.5, 0.6) is 0 Å². The van der Waals surface area contributed by atoms with Gasteiger partial charge in [0.15, 0.2) is 0 Å². The highest BCUT2D eigenvalue weighted by molar-refractivity contribution is 5.71. The van der Waals surface area contributed by atoms with Crippen LogP contribution in [0.1, 0.15) is 35.1 Å². The number of hydrogen-bond acceptors (Lipinski definition) is 1. The van der Waals surface area contributed by atoms with Crippen molar-refractivity contribution in [2.75, 3.05) is 5.32 Å². The van der Waals surface area contributed by atoms with Crippen LogP contribution in [0, 0.1) is 12.8 Å². The van der Waals surface area contributed by atoms with E-state index in [1.54, 1.807) is 0 Å². The lowest BCUT2D eigenvalue weighted by atomic mass is 9.76. The first-order chi connectivity index (χ1) is 12.8. The Balaban J connectivity index is 1.56. The Morgan fingerprint density at radius 3 is 2.46 bits per heavy atom. The van der Waals surface area contributed by atoms with Gasteiger partial charge in [-0.15, -0.1) is 0 Å². The van der Waals surface area contributed by atoms with Gasteiger partial charge in [-0.25, -0.2) is 0 Å². The lowest BCUT2D eigenvalue weighted by Gasteiger charge is -2.38. The molecule has 0 saturated carbocycles. The Labute approximate surface area is 155 Å². The summed E-state index contributed by atoms with van der Waals surface area (Å²) in [6, 6.07) is 27.0. The summed E-state index contributed by atoms with van der Waals surface area (Å²) in [4.78, 5) is 0. The summed E-state index contributed by atoms with van der Waals surface area (Å²) in [6.45, 7) is 2.15. The SMILES string of the molecule is Cc1ccc([C@@H]2Nc3ccc(-c4ccccc4)cc3[C@H]3C=CC[C@H]32)cc1. The fourth-order valence-electron chi connectivity index (χ4n) is 4.51. The van der Waals surface area contributed by atoms with Crippen LogP contribution in [0.2, 0.25) is 0 Å². The van der Waals surface area contributed by atoms with Crippen LogP contribution >= 0.6 is 0 Å². The van der Waals surface area contributed by atoms with E-state index in [0.717, 1.165) is 6.42 Å². The predicted molar refractivity (Wildman–Crippen MR) is 109 cm³/mol. The normalized spacial score (nSPS) is 23.2. The highest BCUT2D eigenvalue weighted by Gasteiger charge is 2.37. The first-order valence-corrected chi connectivity index (χ1v) is 9.49. The Hall–Kier alpha value is -2.80. The van der Waals surface area contributed by atoms with E-state index in [1.807, 2.05) is 0 Å². The molecule has 0 bridgehead atoms. The molecule has 0 amide bonds. The van der Waals surface area contributed by atoms with E-state index in [9.17, 15) is 0 Å². The minimum Gasteiger partial charge on any atom is -0.378 e. The molecule has 3 atom stereocenters. The molecule has 0 unspecified atom stereocenters. The third-order valence-electron chi connectivity index (χ3n) is 5.91. The molecule has 1 aliphatic carbocycles. The molecule has 0 aromatic heterocycles. The van der Waals surface area contributed by atoms with Crippen molar-refractivity contribution >= 4 is 5.69 Å². The van der Waals surface area contributed by atoms with Crippen LogP contribution in [0.3, 0.4) is 0 Å². The minimum atomic E-state index is 0.380. The van der Waals surface area contributed by atoms with Gasteiger partial charge in [0.05, 0.1) is 6.04 Å². The molecule has 26 heavy (non-hydrogen) atoms. The van der Waals surface area contributed by atoms with Crippen molar-refractivity contribution in [1.82, 2.24) is 0 Å². The summed E-state index contributed by atoms with van der Waals surface area (Å²) in [5.41, 5.74) is 8.02. The molecule has 1 heteroatoms. The van der Waals surface area contributed by atoms with E-state index in [0.29, 0.717) is 17.9 Å². The maximum Gasteiger partial charge on any atom is 0.0553 e. The third-order valence-corrected chi connectivity index (χ3v) is 5.91. The molecule has 1 aliphatic heterocycles. The van der Waals surface area contributed by atoms with Gasteiger partial charge in [0.2, 0.25) is 0 Å². The molecular weight excluding hydrogens is 314 g/mol. The Morgan fingerprint density at radius 1 is 0.846 bits per heavy atom. The molecular formula is C25H23N. The van der Waals surface area contributed by atoms with Gasteiger partial charge in [0.1, 0.15) is 0 Å². The molecule has 128 valence electrons. The molecule has 5 rings (SSSR count). The average Bonchev–Trinajstić information content (AvgIpc) is 3.19. The summed E-state index contributed by atoms with van der Waals surface area (Å²) >= 11 is 0. The number of rotatable bonds is 2. The van der Waals surface area contributed by atoms with Crippen molar-refractivity contribution in [3.63, 3.8) is 0 Å². The molecule has 0 saturated heterocycles. The fourth-order valence-corrected chi connectivity index (χ4v) is 4.51. The maximum absolute atomic E-state index is 3.84. The smallest absolute Gasteiger partial charge is 0.0553 e. The molecule has 1 N–H and O–H groups in total. The molecule has 0 radical (unpaired) electrons. The van der Waals surface area contributed by atoms with E-state index >= 15 is 0 Å². The van der Waals surface area contributed by atoms with Gasteiger partial charge in [0, 0.05) is 11.6 Å². The zero-order chi connectivity index (χ0) is 17.5. The van der Waals surface area contributed by atoms with E-state index < -0.39 is 0 Å². The van der Waals surface area contributed by atoms with Gasteiger partial charge in [-0.1, -0.05) is 78.4 Å². The third kappa shape index (κ3) is 2.55. The number of anilines is 1. The van der Waals surface area contributed by atoms with Gasteiger partial charge in [-0.3, -0.25) is 0 Å². The molecule has 0 spiro atoms. The van der Waals surface area contributed by atoms with Crippen LogP contribution in [0.4, 0.5) is 5.69 Å². The Bertz CT molecular complexity index is 953. The monoisotopic (exact) mass is 337 g/mol. The summed E-state index contributed by atoms with van der Waals surface area (Å²) in [5.74, 6) is 1.09.